The van der Waals surface area contributed by atoms with E-state index in [4.69, 9.17) is 0 Å². The predicted octanol–water partition coefficient (Wildman–Crippen LogP) is -0.125. The van der Waals surface area contributed by atoms with Crippen molar-refractivity contribution in [1.29, 1.82) is 0 Å². The molecule has 0 aromatic rings. The highest BCUT2D eigenvalue weighted by atomic mass is 32.2. The quantitative estimate of drug-likeness (QED) is 0.277. The van der Waals surface area contributed by atoms with Crippen molar-refractivity contribution in [3.63, 3.8) is 0 Å². The molecular formula is C8H7NO4S. The zero-order chi connectivity index (χ0) is 10.1. The van der Waals surface area contributed by atoms with E-state index in [0.717, 1.165) is 5.75 Å². The molecule has 1 amide bonds. The summed E-state index contributed by atoms with van der Waals surface area (Å²) >= 11 is 1.45. The lowest BCUT2D eigenvalue weighted by atomic mass is 10.0. The highest BCUT2D eigenvalue weighted by Gasteiger charge is 2.43. The minimum Gasteiger partial charge on any atom is -0.391 e. The molecule has 6 heteroatoms. The number of carbonyl (C=O) groups excluding carboxylic acids is 3. The first-order valence-electron chi connectivity index (χ1n) is 4.02. The number of hydrogen-bond donors (Lipinski definition) is 0. The van der Waals surface area contributed by atoms with Crippen molar-refractivity contribution in [1.82, 2.24) is 4.90 Å². The van der Waals surface area contributed by atoms with Gasteiger partial charge in [-0.05, 0) is 0 Å². The zero-order valence-electron chi connectivity index (χ0n) is 7.13. The third-order valence-corrected chi connectivity index (χ3v) is 3.12. The number of rotatable bonds is 2. The molecule has 2 rings (SSSR count). The Balaban J connectivity index is 2.16. The summed E-state index contributed by atoms with van der Waals surface area (Å²) in [6.07, 6.45) is 0.471. The molecule has 0 aromatic carbocycles. The average molecular weight is 213 g/mol. The van der Waals surface area contributed by atoms with Crippen LogP contribution in [0, 0.1) is 0 Å². The Labute approximate surface area is 84.1 Å². The lowest BCUT2D eigenvalue weighted by molar-refractivity contribution is -0.155. The van der Waals surface area contributed by atoms with E-state index in [1.165, 1.54) is 16.7 Å². The van der Waals surface area contributed by atoms with E-state index >= 15 is 0 Å². The second-order valence-electron chi connectivity index (χ2n) is 2.96. The van der Waals surface area contributed by atoms with Crippen LogP contribution in [-0.2, 0) is 19.1 Å². The van der Waals surface area contributed by atoms with Crippen LogP contribution in [0.1, 0.15) is 6.42 Å². The summed E-state index contributed by atoms with van der Waals surface area (Å²) in [6.45, 7) is 0.0711. The first-order valence-corrected chi connectivity index (χ1v) is 5.07. The van der Waals surface area contributed by atoms with Crippen molar-refractivity contribution in [2.24, 2.45) is 0 Å². The molecule has 0 radical (unpaired) electrons. The molecule has 0 aliphatic carbocycles. The van der Waals surface area contributed by atoms with Gasteiger partial charge in [0.25, 0.3) is 0 Å². The summed E-state index contributed by atoms with van der Waals surface area (Å²) in [4.78, 5) is 33.7. The summed E-state index contributed by atoms with van der Waals surface area (Å²) in [7, 11) is 0. The topological polar surface area (TPSA) is 63.7 Å². The smallest absolute Gasteiger partial charge is 0.363 e. The van der Waals surface area contributed by atoms with Crippen LogP contribution in [-0.4, -0.2) is 35.0 Å². The SMILES string of the molecule is O=COC(=O)C1=CSCC2CC(=O)N12. The lowest BCUT2D eigenvalue weighted by Crippen LogP contribution is -2.55. The van der Waals surface area contributed by atoms with Crippen molar-refractivity contribution in [2.75, 3.05) is 5.75 Å². The molecule has 0 saturated carbocycles. The van der Waals surface area contributed by atoms with E-state index in [-0.39, 0.29) is 24.1 Å². The summed E-state index contributed by atoms with van der Waals surface area (Å²) in [5, 5.41) is 1.55. The Morgan fingerprint density at radius 3 is 3.14 bits per heavy atom. The van der Waals surface area contributed by atoms with Gasteiger partial charge in [-0.15, -0.1) is 11.8 Å². The number of β-lactam (4-membered cyclic amide) rings is 1. The molecule has 2 heterocycles. The average Bonchev–Trinajstić information content (AvgIpc) is 2.16. The van der Waals surface area contributed by atoms with Crippen molar-refractivity contribution >= 4 is 30.1 Å². The van der Waals surface area contributed by atoms with Crippen LogP contribution in [0.25, 0.3) is 0 Å². The molecule has 0 bridgehead atoms. The number of carbonyl (C=O) groups is 3. The Morgan fingerprint density at radius 2 is 2.50 bits per heavy atom. The van der Waals surface area contributed by atoms with Gasteiger partial charge in [0.15, 0.2) is 0 Å². The molecule has 1 unspecified atom stereocenters. The monoisotopic (exact) mass is 213 g/mol. The highest BCUT2D eigenvalue weighted by Crippen LogP contribution is 2.33. The van der Waals surface area contributed by atoms with E-state index in [9.17, 15) is 14.4 Å². The van der Waals surface area contributed by atoms with Gasteiger partial charge in [0.2, 0.25) is 5.91 Å². The Hall–Kier alpha value is -1.30. The van der Waals surface area contributed by atoms with Crippen LogP contribution in [0.15, 0.2) is 11.1 Å². The Morgan fingerprint density at radius 1 is 1.71 bits per heavy atom. The molecule has 5 nitrogen and oxygen atoms in total. The van der Waals surface area contributed by atoms with E-state index in [2.05, 4.69) is 4.74 Å². The van der Waals surface area contributed by atoms with E-state index in [1.807, 2.05) is 0 Å². The van der Waals surface area contributed by atoms with Gasteiger partial charge in [-0.1, -0.05) is 0 Å². The summed E-state index contributed by atoms with van der Waals surface area (Å²) < 4.78 is 4.19. The number of esters is 1. The van der Waals surface area contributed by atoms with Gasteiger partial charge in [-0.3, -0.25) is 9.59 Å². The second kappa shape index (κ2) is 3.45. The third-order valence-electron chi connectivity index (χ3n) is 2.15. The minimum absolute atomic E-state index is 0.0711. The van der Waals surface area contributed by atoms with Gasteiger partial charge in [-0.25, -0.2) is 4.79 Å². The molecule has 1 saturated heterocycles. The number of hydrogen-bond acceptors (Lipinski definition) is 5. The number of amides is 1. The minimum atomic E-state index is -0.759. The van der Waals surface area contributed by atoms with Gasteiger partial charge < -0.3 is 9.64 Å². The van der Waals surface area contributed by atoms with Gasteiger partial charge in [0, 0.05) is 17.6 Å². The number of fused-ring (bicyclic) bond motifs is 1. The maximum Gasteiger partial charge on any atom is 0.363 e. The van der Waals surface area contributed by atoms with Crippen molar-refractivity contribution < 1.29 is 19.1 Å². The lowest BCUT2D eigenvalue weighted by Gasteiger charge is -2.42. The van der Waals surface area contributed by atoms with Gasteiger partial charge in [-0.2, -0.15) is 0 Å². The van der Waals surface area contributed by atoms with Crippen molar-refractivity contribution in [3.8, 4) is 0 Å². The Bertz CT molecular complexity index is 338. The van der Waals surface area contributed by atoms with E-state index < -0.39 is 5.97 Å². The fourth-order valence-electron chi connectivity index (χ4n) is 1.49. The molecule has 1 fully saturated rings. The molecule has 0 aromatic heterocycles. The number of ether oxygens (including phenoxy) is 1. The largest absolute Gasteiger partial charge is 0.391 e. The zero-order valence-corrected chi connectivity index (χ0v) is 7.95. The normalized spacial score (nSPS) is 24.6. The first-order chi connectivity index (χ1) is 6.74. The van der Waals surface area contributed by atoms with Crippen LogP contribution in [0.4, 0.5) is 0 Å². The van der Waals surface area contributed by atoms with Crippen LogP contribution < -0.4 is 0 Å². The van der Waals surface area contributed by atoms with Gasteiger partial charge >= 0.3 is 12.4 Å². The molecule has 0 spiro atoms. The van der Waals surface area contributed by atoms with Crippen molar-refractivity contribution in [3.05, 3.63) is 11.1 Å². The Kier molecular flexibility index (Phi) is 2.28. The van der Waals surface area contributed by atoms with Crippen molar-refractivity contribution in [2.45, 2.75) is 12.5 Å². The molecular weight excluding hydrogens is 206 g/mol. The predicted molar refractivity (Wildman–Crippen MR) is 47.9 cm³/mol. The fourth-order valence-corrected chi connectivity index (χ4v) is 2.45. The van der Waals surface area contributed by atoms with E-state index in [1.54, 1.807) is 5.41 Å². The van der Waals surface area contributed by atoms with Crippen LogP contribution >= 0.6 is 11.8 Å². The first kappa shape index (κ1) is 9.26. The molecule has 0 N–H and O–H groups in total. The van der Waals surface area contributed by atoms with Crippen LogP contribution in [0.3, 0.4) is 0 Å². The summed E-state index contributed by atoms with van der Waals surface area (Å²) in [5.74, 6) is -0.0569. The molecule has 2 aliphatic heterocycles. The molecule has 2 aliphatic rings. The second-order valence-corrected chi connectivity index (χ2v) is 3.86. The van der Waals surface area contributed by atoms with Gasteiger partial charge in [0.05, 0.1) is 6.04 Å². The van der Waals surface area contributed by atoms with Crippen LogP contribution in [0.2, 0.25) is 0 Å². The van der Waals surface area contributed by atoms with E-state index in [0.29, 0.717) is 6.42 Å². The maximum atomic E-state index is 11.2. The van der Waals surface area contributed by atoms with Crippen LogP contribution in [0.5, 0.6) is 0 Å². The van der Waals surface area contributed by atoms with Gasteiger partial charge in [0.1, 0.15) is 5.70 Å². The molecule has 74 valence electrons. The maximum absolute atomic E-state index is 11.2. The third kappa shape index (κ3) is 1.31. The number of thioether (sulfide) groups is 1. The molecule has 1 atom stereocenters. The summed E-state index contributed by atoms with van der Waals surface area (Å²) in [6, 6.07) is 0.0895. The standard InChI is InChI=1S/C8H7NO4S/c10-4-13-8(12)6-3-14-2-5-1-7(11)9(5)6/h3-5H,1-2H2. The highest BCUT2D eigenvalue weighted by molar-refractivity contribution is 8.02. The molecule has 14 heavy (non-hydrogen) atoms. The number of nitrogens with zero attached hydrogens (tertiary/aromatic N) is 1. The summed E-state index contributed by atoms with van der Waals surface area (Å²) in [5.41, 5.74) is 0.176. The fraction of sp³-hybridized carbons (Fsp3) is 0.375.